The second kappa shape index (κ2) is 10.2. The number of ether oxygens (including phenoxy) is 2. The maximum atomic E-state index is 12.8. The maximum absolute atomic E-state index is 12.8. The van der Waals surface area contributed by atoms with Gasteiger partial charge >= 0.3 is 5.97 Å². The molecule has 1 amide bonds. The van der Waals surface area contributed by atoms with Crippen LogP contribution in [0.15, 0.2) is 91.0 Å². The molecule has 0 bridgehead atoms. The summed E-state index contributed by atoms with van der Waals surface area (Å²) < 4.78 is 11.1. The zero-order valence-corrected chi connectivity index (χ0v) is 17.4. The van der Waals surface area contributed by atoms with E-state index in [1.165, 1.54) is 0 Å². The van der Waals surface area contributed by atoms with E-state index < -0.39 is 11.9 Å². The molecule has 4 rings (SSSR count). The van der Waals surface area contributed by atoms with Crippen molar-refractivity contribution < 1.29 is 19.1 Å². The van der Waals surface area contributed by atoms with Crippen LogP contribution in [0.1, 0.15) is 21.6 Å². The van der Waals surface area contributed by atoms with Gasteiger partial charge < -0.3 is 14.8 Å². The largest absolute Gasteiger partial charge is 0.486 e. The number of amides is 1. The molecule has 4 aromatic rings. The Morgan fingerprint density at radius 1 is 0.781 bits per heavy atom. The highest BCUT2D eigenvalue weighted by Gasteiger charge is 2.18. The maximum Gasteiger partial charge on any atom is 0.325 e. The van der Waals surface area contributed by atoms with E-state index >= 15 is 0 Å². The smallest absolute Gasteiger partial charge is 0.325 e. The van der Waals surface area contributed by atoms with Crippen molar-refractivity contribution in [2.75, 3.05) is 6.54 Å². The number of rotatable bonds is 8. The highest BCUT2D eigenvalue weighted by Crippen LogP contribution is 2.24. The van der Waals surface area contributed by atoms with Gasteiger partial charge in [0.05, 0.1) is 5.52 Å². The molecular formula is C26H22N2O4. The summed E-state index contributed by atoms with van der Waals surface area (Å²) in [6, 6.07) is 28.3. The van der Waals surface area contributed by atoms with Crippen molar-refractivity contribution >= 4 is 22.8 Å². The van der Waals surface area contributed by atoms with Crippen molar-refractivity contribution in [3.63, 3.8) is 0 Å². The van der Waals surface area contributed by atoms with Gasteiger partial charge in [-0.15, -0.1) is 0 Å². The average Bonchev–Trinajstić information content (AvgIpc) is 2.85. The van der Waals surface area contributed by atoms with Crippen LogP contribution in [0.2, 0.25) is 0 Å². The molecule has 1 N–H and O–H groups in total. The lowest BCUT2D eigenvalue weighted by Crippen LogP contribution is -2.31. The molecule has 1 aromatic heterocycles. The standard InChI is InChI=1S/C26H22N2O4/c29-24(32-18-20-11-5-2-6-12-20)16-27-26(30)25-23(31-17-19-9-3-1-4-10-19)15-21-13-7-8-14-22(21)28-25/h1-15H,16-18H2,(H,27,30). The third kappa shape index (κ3) is 5.49. The monoisotopic (exact) mass is 426 g/mol. The van der Waals surface area contributed by atoms with Crippen LogP contribution in [0.4, 0.5) is 0 Å². The lowest BCUT2D eigenvalue weighted by molar-refractivity contribution is -0.143. The molecule has 3 aromatic carbocycles. The van der Waals surface area contributed by atoms with Crippen LogP contribution in [0.3, 0.4) is 0 Å². The second-order valence-corrected chi connectivity index (χ2v) is 7.13. The molecule has 32 heavy (non-hydrogen) atoms. The molecular weight excluding hydrogens is 404 g/mol. The van der Waals surface area contributed by atoms with Gasteiger partial charge in [0.15, 0.2) is 11.4 Å². The van der Waals surface area contributed by atoms with Crippen molar-refractivity contribution in [2.45, 2.75) is 13.2 Å². The highest BCUT2D eigenvalue weighted by atomic mass is 16.5. The van der Waals surface area contributed by atoms with Crippen LogP contribution in [0.5, 0.6) is 5.75 Å². The molecule has 0 spiro atoms. The fourth-order valence-electron chi connectivity index (χ4n) is 3.13. The molecule has 0 aliphatic rings. The Balaban J connectivity index is 1.44. The lowest BCUT2D eigenvalue weighted by Gasteiger charge is -2.13. The number of pyridine rings is 1. The van der Waals surface area contributed by atoms with Crippen LogP contribution in [0, 0.1) is 0 Å². The molecule has 6 heteroatoms. The van der Waals surface area contributed by atoms with Gasteiger partial charge in [-0.25, -0.2) is 4.98 Å². The Morgan fingerprint density at radius 3 is 2.12 bits per heavy atom. The topological polar surface area (TPSA) is 77.5 Å². The number of nitrogens with zero attached hydrogens (tertiary/aromatic N) is 1. The Kier molecular flexibility index (Phi) is 6.72. The summed E-state index contributed by atoms with van der Waals surface area (Å²) in [5.74, 6) is -0.687. The Hall–Kier alpha value is -4.19. The number of carbonyl (C=O) groups is 2. The fourth-order valence-corrected chi connectivity index (χ4v) is 3.13. The van der Waals surface area contributed by atoms with Gasteiger partial charge in [0.1, 0.15) is 19.8 Å². The molecule has 0 atom stereocenters. The fraction of sp³-hybridized carbons (Fsp3) is 0.115. The third-order valence-electron chi connectivity index (χ3n) is 4.78. The first-order chi connectivity index (χ1) is 15.7. The number of fused-ring (bicyclic) bond motifs is 1. The van der Waals surface area contributed by atoms with Crippen molar-refractivity contribution in [3.8, 4) is 5.75 Å². The van der Waals surface area contributed by atoms with E-state index in [0.717, 1.165) is 16.5 Å². The number of nitrogens with one attached hydrogen (secondary N) is 1. The summed E-state index contributed by atoms with van der Waals surface area (Å²) in [5.41, 5.74) is 2.63. The lowest BCUT2D eigenvalue weighted by atomic mass is 10.2. The van der Waals surface area contributed by atoms with Gasteiger partial charge in [0.25, 0.3) is 5.91 Å². The molecule has 160 valence electrons. The average molecular weight is 426 g/mol. The highest BCUT2D eigenvalue weighted by molar-refractivity contribution is 5.99. The van der Waals surface area contributed by atoms with Crippen LogP contribution in [-0.4, -0.2) is 23.4 Å². The summed E-state index contributed by atoms with van der Waals surface area (Å²) in [7, 11) is 0. The summed E-state index contributed by atoms with van der Waals surface area (Å²) in [5, 5.41) is 3.44. The minimum atomic E-state index is -0.533. The first-order valence-corrected chi connectivity index (χ1v) is 10.2. The molecule has 0 unspecified atom stereocenters. The minimum absolute atomic E-state index is 0.121. The predicted octanol–water partition coefficient (Wildman–Crippen LogP) is 4.29. The number of hydrogen-bond donors (Lipinski definition) is 1. The number of para-hydroxylation sites is 1. The Labute approximate surface area is 185 Å². The van der Waals surface area contributed by atoms with E-state index in [1.807, 2.05) is 84.9 Å². The van der Waals surface area contributed by atoms with Crippen LogP contribution in [-0.2, 0) is 22.7 Å². The van der Waals surface area contributed by atoms with Crippen LogP contribution in [0.25, 0.3) is 10.9 Å². The van der Waals surface area contributed by atoms with Crippen molar-refractivity contribution in [1.29, 1.82) is 0 Å². The molecule has 0 aliphatic carbocycles. The molecule has 0 saturated carbocycles. The molecule has 0 aliphatic heterocycles. The summed E-state index contributed by atoms with van der Waals surface area (Å²) in [4.78, 5) is 29.4. The normalized spacial score (nSPS) is 10.5. The Morgan fingerprint density at radius 2 is 1.41 bits per heavy atom. The SMILES string of the molecule is O=C(CNC(=O)c1nc2ccccc2cc1OCc1ccccc1)OCc1ccccc1. The van der Waals surface area contributed by atoms with E-state index in [4.69, 9.17) is 9.47 Å². The first kappa shape index (κ1) is 21.1. The number of esters is 1. The molecule has 0 saturated heterocycles. The van der Waals surface area contributed by atoms with Gasteiger partial charge in [-0.2, -0.15) is 0 Å². The quantitative estimate of drug-likeness (QED) is 0.426. The van der Waals surface area contributed by atoms with Gasteiger partial charge in [0.2, 0.25) is 0 Å². The second-order valence-electron chi connectivity index (χ2n) is 7.13. The van der Waals surface area contributed by atoms with Crippen LogP contribution >= 0.6 is 0 Å². The summed E-state index contributed by atoms with van der Waals surface area (Å²) in [6.45, 7) is 0.174. The number of hydrogen-bond acceptors (Lipinski definition) is 5. The first-order valence-electron chi connectivity index (χ1n) is 10.2. The van der Waals surface area contributed by atoms with E-state index in [-0.39, 0.29) is 18.8 Å². The molecule has 0 radical (unpaired) electrons. The predicted molar refractivity (Wildman–Crippen MR) is 121 cm³/mol. The number of aromatic nitrogens is 1. The molecule has 1 heterocycles. The van der Waals surface area contributed by atoms with Crippen molar-refractivity contribution in [3.05, 3.63) is 108 Å². The zero-order valence-electron chi connectivity index (χ0n) is 17.4. The van der Waals surface area contributed by atoms with Gasteiger partial charge in [-0.1, -0.05) is 78.9 Å². The van der Waals surface area contributed by atoms with Gasteiger partial charge in [0, 0.05) is 5.39 Å². The van der Waals surface area contributed by atoms with Gasteiger partial charge in [-0.05, 0) is 23.3 Å². The van der Waals surface area contributed by atoms with Crippen molar-refractivity contribution in [2.24, 2.45) is 0 Å². The van der Waals surface area contributed by atoms with Gasteiger partial charge in [-0.3, -0.25) is 9.59 Å². The van der Waals surface area contributed by atoms with E-state index in [2.05, 4.69) is 10.3 Å². The van der Waals surface area contributed by atoms with E-state index in [0.29, 0.717) is 17.9 Å². The third-order valence-corrected chi connectivity index (χ3v) is 4.78. The minimum Gasteiger partial charge on any atom is -0.486 e. The van der Waals surface area contributed by atoms with Crippen LogP contribution < -0.4 is 10.1 Å². The number of benzene rings is 3. The molecule has 6 nitrogen and oxygen atoms in total. The van der Waals surface area contributed by atoms with E-state index in [9.17, 15) is 9.59 Å². The van der Waals surface area contributed by atoms with Crippen molar-refractivity contribution in [1.82, 2.24) is 10.3 Å². The summed E-state index contributed by atoms with van der Waals surface area (Å²) in [6.07, 6.45) is 0. The summed E-state index contributed by atoms with van der Waals surface area (Å²) >= 11 is 0. The number of carbonyl (C=O) groups excluding carboxylic acids is 2. The Bertz CT molecular complexity index is 1210. The van der Waals surface area contributed by atoms with E-state index in [1.54, 1.807) is 6.07 Å². The zero-order chi connectivity index (χ0) is 22.2. The molecule has 0 fully saturated rings.